The molecular weight excluding hydrogens is 424 g/mol. The van der Waals surface area contributed by atoms with Crippen molar-refractivity contribution in [2.45, 2.75) is 50.2 Å². The van der Waals surface area contributed by atoms with Crippen molar-refractivity contribution in [2.75, 3.05) is 13.6 Å². The molecule has 2 aromatic heterocycles. The first-order valence-electron chi connectivity index (χ1n) is 9.88. The Labute approximate surface area is 182 Å². The minimum atomic E-state index is -1.03. The van der Waals surface area contributed by atoms with Crippen LogP contribution in [-0.4, -0.2) is 58.3 Å². The summed E-state index contributed by atoms with van der Waals surface area (Å²) in [5, 5.41) is 9.11. The van der Waals surface area contributed by atoms with Crippen molar-refractivity contribution in [1.82, 2.24) is 25.5 Å². The number of hydrogen-bond donors (Lipinski definition) is 3. The Hall–Kier alpha value is -2.37. The molecule has 9 nitrogen and oxygen atoms in total. The highest BCUT2D eigenvalue weighted by Gasteiger charge is 2.35. The van der Waals surface area contributed by atoms with Crippen molar-refractivity contribution in [3.05, 3.63) is 32.2 Å². The maximum Gasteiger partial charge on any atom is 0.309 e. The van der Waals surface area contributed by atoms with E-state index in [-0.39, 0.29) is 23.9 Å². The number of nitrogens with one attached hydrogen (secondary N) is 2. The largest absolute Gasteiger partial charge is 0.361 e. The van der Waals surface area contributed by atoms with Crippen LogP contribution in [0.5, 0.6) is 0 Å². The van der Waals surface area contributed by atoms with Crippen LogP contribution in [0.2, 0.25) is 0 Å². The first kappa shape index (κ1) is 20.9. The molecule has 2 aromatic rings. The van der Waals surface area contributed by atoms with Crippen LogP contribution in [0.3, 0.4) is 0 Å². The van der Waals surface area contributed by atoms with E-state index in [4.69, 9.17) is 5.73 Å². The van der Waals surface area contributed by atoms with Crippen LogP contribution < -0.4 is 16.4 Å². The number of fused-ring (bicyclic) bond motifs is 1. The molecule has 3 heterocycles. The van der Waals surface area contributed by atoms with E-state index in [1.165, 1.54) is 11.3 Å². The standard InChI is InChI=1S/C19H24N6O3S2/c1-25-6-4-12-14(9-25)30-19(24-12)17(28)23-13-8-10(18-21-5-7-29-18)2-3-11(13)22-16(27)15(20)26/h5,7,10-11,13H,2-4,6,8-9H2,1H3,(H2,20,26)(H,22,27)(H,23,28)/t10-,11+,13-/m1/s1. The van der Waals surface area contributed by atoms with Crippen molar-refractivity contribution in [1.29, 1.82) is 0 Å². The van der Waals surface area contributed by atoms with E-state index >= 15 is 0 Å². The molecule has 3 atom stereocenters. The number of nitrogens with zero attached hydrogens (tertiary/aromatic N) is 3. The second kappa shape index (κ2) is 8.78. The predicted molar refractivity (Wildman–Crippen MR) is 113 cm³/mol. The highest BCUT2D eigenvalue weighted by atomic mass is 32.1. The molecule has 1 saturated carbocycles. The second-order valence-electron chi connectivity index (χ2n) is 7.78. The van der Waals surface area contributed by atoms with Gasteiger partial charge in [-0.05, 0) is 26.3 Å². The highest BCUT2D eigenvalue weighted by molar-refractivity contribution is 7.13. The van der Waals surface area contributed by atoms with Gasteiger partial charge in [-0.2, -0.15) is 0 Å². The fourth-order valence-corrected chi connectivity index (χ4v) is 5.93. The van der Waals surface area contributed by atoms with Gasteiger partial charge in [-0.3, -0.25) is 14.4 Å². The summed E-state index contributed by atoms with van der Waals surface area (Å²) in [6.45, 7) is 1.73. The molecule has 11 heteroatoms. The zero-order chi connectivity index (χ0) is 21.3. The molecule has 1 aliphatic heterocycles. The van der Waals surface area contributed by atoms with Crippen molar-refractivity contribution >= 4 is 40.4 Å². The maximum atomic E-state index is 13.0. The van der Waals surface area contributed by atoms with Crippen LogP contribution in [0, 0.1) is 0 Å². The molecular formula is C19H24N6O3S2. The molecule has 0 saturated heterocycles. The lowest BCUT2D eigenvalue weighted by atomic mass is 9.82. The fraction of sp³-hybridized carbons (Fsp3) is 0.526. The van der Waals surface area contributed by atoms with Gasteiger partial charge < -0.3 is 21.3 Å². The number of hydrogen-bond acceptors (Lipinski definition) is 8. The number of aromatic nitrogens is 2. The van der Waals surface area contributed by atoms with Crippen LogP contribution in [0.15, 0.2) is 11.6 Å². The van der Waals surface area contributed by atoms with Gasteiger partial charge in [0.1, 0.15) is 0 Å². The Kier molecular flexibility index (Phi) is 6.11. The van der Waals surface area contributed by atoms with E-state index in [0.29, 0.717) is 17.8 Å². The molecule has 0 unspecified atom stereocenters. The minimum Gasteiger partial charge on any atom is -0.361 e. The molecule has 30 heavy (non-hydrogen) atoms. The van der Waals surface area contributed by atoms with Crippen LogP contribution in [0.1, 0.15) is 50.6 Å². The number of likely N-dealkylation sites (N-methyl/N-ethyl adjacent to an activating group) is 1. The third kappa shape index (κ3) is 4.52. The molecule has 0 aromatic carbocycles. The van der Waals surface area contributed by atoms with E-state index in [1.54, 1.807) is 17.5 Å². The number of amides is 3. The van der Waals surface area contributed by atoms with Crippen LogP contribution in [0.4, 0.5) is 0 Å². The lowest BCUT2D eigenvalue weighted by Gasteiger charge is -2.36. The summed E-state index contributed by atoms with van der Waals surface area (Å²) >= 11 is 3.00. The monoisotopic (exact) mass is 448 g/mol. The number of primary amides is 1. The fourth-order valence-electron chi connectivity index (χ4n) is 4.05. The number of nitrogens with two attached hydrogens (primary N) is 1. The molecule has 1 aliphatic carbocycles. The smallest absolute Gasteiger partial charge is 0.309 e. The van der Waals surface area contributed by atoms with Crippen LogP contribution >= 0.6 is 22.7 Å². The molecule has 3 amide bonds. The molecule has 1 fully saturated rings. The van der Waals surface area contributed by atoms with E-state index in [0.717, 1.165) is 41.5 Å². The minimum absolute atomic E-state index is 0.190. The van der Waals surface area contributed by atoms with Crippen LogP contribution in [0.25, 0.3) is 0 Å². The average molecular weight is 449 g/mol. The SMILES string of the molecule is CN1CCc2nc(C(=O)N[C@@H]3C[C@H](c4nccs4)CC[C@@H]3NC(=O)C(N)=O)sc2C1. The number of thiazole rings is 2. The van der Waals surface area contributed by atoms with Gasteiger partial charge in [-0.15, -0.1) is 22.7 Å². The van der Waals surface area contributed by atoms with Crippen molar-refractivity contribution < 1.29 is 14.4 Å². The Balaban J connectivity index is 1.50. The number of carbonyl (C=O) groups excluding carboxylic acids is 3. The van der Waals surface area contributed by atoms with Crippen molar-refractivity contribution in [3.8, 4) is 0 Å². The van der Waals surface area contributed by atoms with Crippen molar-refractivity contribution in [2.24, 2.45) is 5.73 Å². The van der Waals surface area contributed by atoms with E-state index in [9.17, 15) is 14.4 Å². The van der Waals surface area contributed by atoms with Gasteiger partial charge in [0.05, 0.1) is 16.7 Å². The summed E-state index contributed by atoms with van der Waals surface area (Å²) in [6, 6.07) is -0.710. The van der Waals surface area contributed by atoms with Crippen LogP contribution in [-0.2, 0) is 22.6 Å². The topological polar surface area (TPSA) is 130 Å². The van der Waals surface area contributed by atoms with Gasteiger partial charge >= 0.3 is 11.8 Å². The molecule has 160 valence electrons. The third-order valence-electron chi connectivity index (χ3n) is 5.62. The molecule has 0 spiro atoms. The predicted octanol–water partition coefficient (Wildman–Crippen LogP) is 0.624. The summed E-state index contributed by atoms with van der Waals surface area (Å²) in [5.74, 6) is -1.92. The summed E-state index contributed by atoms with van der Waals surface area (Å²) in [7, 11) is 2.05. The highest BCUT2D eigenvalue weighted by Crippen LogP contribution is 2.34. The Bertz CT molecular complexity index is 944. The second-order valence-corrected chi connectivity index (χ2v) is 9.79. The molecule has 4 N–H and O–H groups in total. The third-order valence-corrected chi connectivity index (χ3v) is 7.64. The maximum absolute atomic E-state index is 13.0. The summed E-state index contributed by atoms with van der Waals surface area (Å²) in [5.41, 5.74) is 6.10. The summed E-state index contributed by atoms with van der Waals surface area (Å²) in [6.07, 6.45) is 4.65. The Morgan fingerprint density at radius 1 is 1.23 bits per heavy atom. The molecule has 2 aliphatic rings. The average Bonchev–Trinajstić information content (AvgIpc) is 3.38. The lowest BCUT2D eigenvalue weighted by Crippen LogP contribution is -2.56. The zero-order valence-electron chi connectivity index (χ0n) is 16.6. The normalized spacial score (nSPS) is 24.1. The van der Waals surface area contributed by atoms with E-state index in [1.807, 2.05) is 5.38 Å². The Morgan fingerprint density at radius 3 is 2.80 bits per heavy atom. The summed E-state index contributed by atoms with van der Waals surface area (Å²) < 4.78 is 0. The zero-order valence-corrected chi connectivity index (χ0v) is 18.2. The van der Waals surface area contributed by atoms with Crippen molar-refractivity contribution in [3.63, 3.8) is 0 Å². The first-order chi connectivity index (χ1) is 14.4. The van der Waals surface area contributed by atoms with Gasteiger partial charge in [0.25, 0.3) is 5.91 Å². The number of carbonyl (C=O) groups is 3. The van der Waals surface area contributed by atoms with Gasteiger partial charge in [-0.25, -0.2) is 9.97 Å². The van der Waals surface area contributed by atoms with Gasteiger partial charge in [0.2, 0.25) is 0 Å². The summed E-state index contributed by atoms with van der Waals surface area (Å²) in [4.78, 5) is 48.3. The molecule has 0 bridgehead atoms. The lowest BCUT2D eigenvalue weighted by molar-refractivity contribution is -0.138. The van der Waals surface area contributed by atoms with Gasteiger partial charge in [-0.1, -0.05) is 0 Å². The van der Waals surface area contributed by atoms with E-state index < -0.39 is 11.8 Å². The van der Waals surface area contributed by atoms with E-state index in [2.05, 4.69) is 32.5 Å². The van der Waals surface area contributed by atoms with Gasteiger partial charge in [0, 0.05) is 47.9 Å². The first-order valence-corrected chi connectivity index (χ1v) is 11.6. The number of rotatable bonds is 4. The Morgan fingerprint density at radius 2 is 2.07 bits per heavy atom. The molecule has 4 rings (SSSR count). The quantitative estimate of drug-likeness (QED) is 0.588. The molecule has 0 radical (unpaired) electrons. The van der Waals surface area contributed by atoms with Gasteiger partial charge in [0.15, 0.2) is 5.01 Å².